The Bertz CT molecular complexity index is 814. The number of anilines is 1. The van der Waals surface area contributed by atoms with E-state index in [4.69, 9.17) is 9.47 Å². The molecule has 3 aliphatic heterocycles. The number of nitrogens with one attached hydrogen (secondary N) is 2. The third kappa shape index (κ3) is 1.69. The van der Waals surface area contributed by atoms with E-state index in [1.165, 1.54) is 14.2 Å². The van der Waals surface area contributed by atoms with Gasteiger partial charge in [0, 0.05) is 12.2 Å². The van der Waals surface area contributed by atoms with E-state index in [-0.39, 0.29) is 11.3 Å². The molecule has 1 aromatic carbocycles. The lowest BCUT2D eigenvalue weighted by Crippen LogP contribution is -2.57. The Balaban J connectivity index is 1.96. The number of hydrogen-bond donors (Lipinski definition) is 2. The smallest absolute Gasteiger partial charge is 0.355 e. The van der Waals surface area contributed by atoms with E-state index in [9.17, 15) is 9.59 Å². The van der Waals surface area contributed by atoms with Gasteiger partial charge in [0.15, 0.2) is 0 Å². The second kappa shape index (κ2) is 5.09. The number of aliphatic imine (C=N–C) groups is 1. The van der Waals surface area contributed by atoms with Crippen LogP contribution in [0.3, 0.4) is 0 Å². The molecule has 124 valence electrons. The lowest BCUT2D eigenvalue weighted by molar-refractivity contribution is -0.140. The molecule has 0 radical (unpaired) electrons. The minimum atomic E-state index is -0.614. The van der Waals surface area contributed by atoms with Gasteiger partial charge >= 0.3 is 11.9 Å². The summed E-state index contributed by atoms with van der Waals surface area (Å²) in [4.78, 5) is 29.2. The van der Waals surface area contributed by atoms with E-state index in [2.05, 4.69) is 15.6 Å². The average molecular weight is 327 g/mol. The Labute approximate surface area is 138 Å². The minimum Gasteiger partial charge on any atom is -0.466 e. The number of para-hydroxylation sites is 1. The molecule has 24 heavy (non-hydrogen) atoms. The molecular weight excluding hydrogens is 310 g/mol. The number of esters is 2. The molecule has 0 saturated heterocycles. The van der Waals surface area contributed by atoms with Crippen molar-refractivity contribution in [3.63, 3.8) is 0 Å². The number of benzene rings is 1. The van der Waals surface area contributed by atoms with Crippen molar-refractivity contribution in [2.24, 2.45) is 4.99 Å². The Kier molecular flexibility index (Phi) is 3.13. The molecule has 2 N–H and O–H groups in total. The average Bonchev–Trinajstić information content (AvgIpc) is 3.19. The third-order valence-electron chi connectivity index (χ3n) is 5.00. The van der Waals surface area contributed by atoms with Gasteiger partial charge in [0.1, 0.15) is 11.5 Å². The van der Waals surface area contributed by atoms with Gasteiger partial charge in [0.25, 0.3) is 0 Å². The van der Waals surface area contributed by atoms with Crippen molar-refractivity contribution in [3.8, 4) is 0 Å². The lowest BCUT2D eigenvalue weighted by atomic mass is 9.69. The number of ether oxygens (including phenoxy) is 2. The molecule has 4 rings (SSSR count). The Morgan fingerprint density at radius 2 is 1.96 bits per heavy atom. The Morgan fingerprint density at radius 1 is 1.21 bits per heavy atom. The number of fused-ring (bicyclic) bond motifs is 1. The molecule has 0 saturated carbocycles. The summed E-state index contributed by atoms with van der Waals surface area (Å²) >= 11 is 0. The highest BCUT2D eigenvalue weighted by atomic mass is 16.5. The van der Waals surface area contributed by atoms with Gasteiger partial charge < -0.3 is 20.1 Å². The predicted molar refractivity (Wildman–Crippen MR) is 86.6 cm³/mol. The standard InChI is InChI=1S/C17H17N3O4/c1-23-14(21)11-12(15(22)24-2)20-16-17(7-8-18-16)9-5-3-4-6-10(9)19-13(11)17/h3-6,13,19H,7-8H2,1-2H3,(H,18,20)/t13-,17-/m0/s1. The monoisotopic (exact) mass is 327 g/mol. The summed E-state index contributed by atoms with van der Waals surface area (Å²) in [5.74, 6) is -0.479. The summed E-state index contributed by atoms with van der Waals surface area (Å²) in [5.41, 5.74) is 1.86. The summed E-state index contributed by atoms with van der Waals surface area (Å²) < 4.78 is 9.78. The van der Waals surface area contributed by atoms with Crippen molar-refractivity contribution in [2.75, 3.05) is 26.1 Å². The number of amidine groups is 1. The molecule has 3 heterocycles. The predicted octanol–water partition coefficient (Wildman–Crippen LogP) is 0.724. The van der Waals surface area contributed by atoms with E-state index in [1.54, 1.807) is 0 Å². The fourth-order valence-corrected chi connectivity index (χ4v) is 3.97. The minimum absolute atomic E-state index is 0.0888. The number of nitrogens with zero attached hydrogens (tertiary/aromatic N) is 1. The zero-order valence-electron chi connectivity index (χ0n) is 13.4. The highest BCUT2D eigenvalue weighted by Crippen LogP contribution is 2.51. The molecule has 7 nitrogen and oxygen atoms in total. The zero-order chi connectivity index (χ0) is 16.9. The van der Waals surface area contributed by atoms with Gasteiger partial charge in [0.2, 0.25) is 0 Å². The maximum Gasteiger partial charge on any atom is 0.355 e. The first kappa shape index (κ1) is 14.7. The number of carbonyl (C=O) groups excluding carboxylic acids is 2. The molecule has 0 amide bonds. The Morgan fingerprint density at radius 3 is 2.71 bits per heavy atom. The van der Waals surface area contributed by atoms with E-state index >= 15 is 0 Å². The van der Waals surface area contributed by atoms with Crippen LogP contribution >= 0.6 is 0 Å². The second-order valence-corrected chi connectivity index (χ2v) is 5.97. The van der Waals surface area contributed by atoms with Crippen LogP contribution in [0.2, 0.25) is 0 Å². The molecule has 2 atom stereocenters. The zero-order valence-corrected chi connectivity index (χ0v) is 13.4. The quantitative estimate of drug-likeness (QED) is 0.778. The Hall–Kier alpha value is -2.83. The maximum absolute atomic E-state index is 12.5. The summed E-state index contributed by atoms with van der Waals surface area (Å²) in [6.45, 7) is 0.623. The van der Waals surface area contributed by atoms with Crippen LogP contribution in [0.1, 0.15) is 12.0 Å². The first-order chi connectivity index (χ1) is 11.6. The van der Waals surface area contributed by atoms with Gasteiger partial charge in [-0.2, -0.15) is 0 Å². The lowest BCUT2D eigenvalue weighted by Gasteiger charge is -2.38. The second-order valence-electron chi connectivity index (χ2n) is 5.97. The van der Waals surface area contributed by atoms with Crippen LogP contribution in [0.25, 0.3) is 0 Å². The van der Waals surface area contributed by atoms with Crippen molar-refractivity contribution < 1.29 is 19.1 Å². The number of carbonyl (C=O) groups is 2. The van der Waals surface area contributed by atoms with Crippen molar-refractivity contribution in [1.29, 1.82) is 0 Å². The summed E-state index contributed by atoms with van der Waals surface area (Å²) in [7, 11) is 2.58. The van der Waals surface area contributed by atoms with Gasteiger partial charge in [0.05, 0.1) is 31.2 Å². The SMILES string of the molecule is COC(=O)C1=C(C(=O)OC)[C@@H]2Nc3ccccc3[C@@]23CCN=C3N1. The van der Waals surface area contributed by atoms with Crippen LogP contribution in [0.15, 0.2) is 40.5 Å². The molecule has 0 fully saturated rings. The van der Waals surface area contributed by atoms with Crippen molar-refractivity contribution in [3.05, 3.63) is 41.1 Å². The fourth-order valence-electron chi connectivity index (χ4n) is 3.97. The molecule has 0 bridgehead atoms. The van der Waals surface area contributed by atoms with E-state index in [0.29, 0.717) is 12.4 Å². The van der Waals surface area contributed by atoms with Crippen LogP contribution in [-0.4, -0.2) is 44.6 Å². The third-order valence-corrected chi connectivity index (χ3v) is 5.00. The summed E-state index contributed by atoms with van der Waals surface area (Å²) in [6, 6.07) is 7.47. The van der Waals surface area contributed by atoms with Gasteiger partial charge in [-0.15, -0.1) is 0 Å². The van der Waals surface area contributed by atoms with Gasteiger partial charge in [-0.1, -0.05) is 18.2 Å². The fraction of sp³-hybridized carbons (Fsp3) is 0.353. The van der Waals surface area contributed by atoms with E-state index in [0.717, 1.165) is 17.7 Å². The van der Waals surface area contributed by atoms with Crippen molar-refractivity contribution >= 4 is 23.5 Å². The summed E-state index contributed by atoms with van der Waals surface area (Å²) in [6.07, 6.45) is 0.749. The highest BCUT2D eigenvalue weighted by Gasteiger charge is 2.59. The number of rotatable bonds is 2. The highest BCUT2D eigenvalue weighted by molar-refractivity contribution is 6.13. The van der Waals surface area contributed by atoms with Crippen LogP contribution in [0, 0.1) is 0 Å². The van der Waals surface area contributed by atoms with Gasteiger partial charge in [-0.25, -0.2) is 9.59 Å². The van der Waals surface area contributed by atoms with Gasteiger partial charge in [-0.05, 0) is 18.1 Å². The van der Waals surface area contributed by atoms with Crippen LogP contribution < -0.4 is 10.6 Å². The van der Waals surface area contributed by atoms with Crippen LogP contribution in [-0.2, 0) is 24.5 Å². The van der Waals surface area contributed by atoms with E-state index in [1.807, 2.05) is 24.3 Å². The largest absolute Gasteiger partial charge is 0.466 e. The molecule has 0 aliphatic carbocycles. The molecular formula is C17H17N3O4. The first-order valence-corrected chi connectivity index (χ1v) is 7.72. The normalized spacial score (nSPS) is 26.4. The van der Waals surface area contributed by atoms with Crippen molar-refractivity contribution in [2.45, 2.75) is 17.9 Å². The van der Waals surface area contributed by atoms with Crippen molar-refractivity contribution in [1.82, 2.24) is 5.32 Å². The number of methoxy groups -OCH3 is 2. The number of hydrogen-bond acceptors (Lipinski definition) is 7. The maximum atomic E-state index is 12.5. The molecule has 0 unspecified atom stereocenters. The van der Waals surface area contributed by atoms with Crippen LogP contribution in [0.4, 0.5) is 5.69 Å². The molecule has 1 spiro atoms. The topological polar surface area (TPSA) is 89.0 Å². The molecule has 3 aliphatic rings. The molecule has 1 aromatic rings. The summed E-state index contributed by atoms with van der Waals surface area (Å²) in [5, 5.41) is 6.43. The van der Waals surface area contributed by atoms with Gasteiger partial charge in [-0.3, -0.25) is 4.99 Å². The van der Waals surface area contributed by atoms with E-state index < -0.39 is 23.4 Å². The molecule has 0 aromatic heterocycles. The first-order valence-electron chi connectivity index (χ1n) is 7.72. The molecule has 7 heteroatoms. The van der Waals surface area contributed by atoms with Crippen LogP contribution in [0.5, 0.6) is 0 Å².